The summed E-state index contributed by atoms with van der Waals surface area (Å²) >= 11 is 0. The van der Waals surface area contributed by atoms with E-state index in [0.717, 1.165) is 0 Å². The minimum atomic E-state index is 0.154. The highest BCUT2D eigenvalue weighted by Gasteiger charge is 2.19. The highest BCUT2D eigenvalue weighted by atomic mass is 14.2. The average Bonchev–Trinajstić information content (AvgIpc) is 0.770. The van der Waals surface area contributed by atoms with Crippen LogP contribution in [-0.2, 0) is 10.8 Å². The van der Waals surface area contributed by atoms with Crippen molar-refractivity contribution >= 4 is 64.6 Å². The summed E-state index contributed by atoms with van der Waals surface area (Å²) in [6.45, 7) is 13.6. The van der Waals surface area contributed by atoms with Gasteiger partial charge in [-0.15, -0.1) is 0 Å². The van der Waals surface area contributed by atoms with Crippen LogP contribution < -0.4 is 0 Å². The SMILES string of the molecule is CC(C)(C)c1ccc(-c2ccc3cc(-c4ccc(-c5ccc6cc(-c7ccc(C(C)(C)C)cc7)ccc6c5)c5ccccc45)ccc3c2)cc1.c1ccc(-c2ccc(-c3ccc(-c4ccc(-c5ccccc5)c5ccccc45)c4ccccc34)c3ccccc23)cc1. The third kappa shape index (κ3) is 11.0. The van der Waals surface area contributed by atoms with Crippen molar-refractivity contribution in [2.24, 2.45) is 0 Å². The summed E-state index contributed by atoms with van der Waals surface area (Å²) in [4.78, 5) is 0. The van der Waals surface area contributed by atoms with Crippen molar-refractivity contribution in [2.45, 2.75) is 52.4 Å². The first-order valence-electron chi connectivity index (χ1n) is 32.4. The Balaban J connectivity index is 0.000000155. The molecule has 0 fully saturated rings. The number of fused-ring (bicyclic) bond motifs is 6. The van der Waals surface area contributed by atoms with Crippen molar-refractivity contribution in [1.82, 2.24) is 0 Å². The maximum Gasteiger partial charge on any atom is -0.00987 e. The van der Waals surface area contributed by atoms with Crippen LogP contribution in [0.25, 0.3) is 154 Å². The molecule has 0 saturated heterocycles. The fraction of sp³-hybridized carbons (Fsp3) is 0.0870. The van der Waals surface area contributed by atoms with Crippen LogP contribution in [0, 0.1) is 0 Å². The van der Waals surface area contributed by atoms with E-state index in [-0.39, 0.29) is 10.8 Å². The molecule has 0 atom stereocenters. The lowest BCUT2D eigenvalue weighted by Gasteiger charge is -2.19. The molecule has 0 bridgehead atoms. The summed E-state index contributed by atoms with van der Waals surface area (Å²) in [6.07, 6.45) is 0. The van der Waals surface area contributed by atoms with Crippen molar-refractivity contribution in [1.29, 1.82) is 0 Å². The lowest BCUT2D eigenvalue weighted by atomic mass is 9.86. The molecule has 440 valence electrons. The molecule has 0 heterocycles. The maximum atomic E-state index is 2.34. The first kappa shape index (κ1) is 57.5. The van der Waals surface area contributed by atoms with Crippen LogP contribution in [0.5, 0.6) is 0 Å². The third-order valence-corrected chi connectivity index (χ3v) is 18.9. The minimum absolute atomic E-state index is 0.154. The summed E-state index contributed by atoms with van der Waals surface area (Å²) in [5.74, 6) is 0. The molecule has 16 aromatic carbocycles. The van der Waals surface area contributed by atoms with Crippen molar-refractivity contribution in [3.05, 3.63) is 339 Å². The van der Waals surface area contributed by atoms with Gasteiger partial charge in [-0.1, -0.05) is 345 Å². The van der Waals surface area contributed by atoms with Crippen LogP contribution in [0.2, 0.25) is 0 Å². The zero-order chi connectivity index (χ0) is 62.5. The van der Waals surface area contributed by atoms with E-state index in [9.17, 15) is 0 Å². The molecule has 0 spiro atoms. The quantitative estimate of drug-likeness (QED) is 0.142. The lowest BCUT2D eigenvalue weighted by Crippen LogP contribution is -2.10. The lowest BCUT2D eigenvalue weighted by molar-refractivity contribution is 0.590. The molecule has 0 aliphatic heterocycles. The molecule has 0 radical (unpaired) electrons. The average molecular weight is 1180 g/mol. The van der Waals surface area contributed by atoms with Crippen LogP contribution >= 0.6 is 0 Å². The molecule has 0 aliphatic carbocycles. The summed E-state index contributed by atoms with van der Waals surface area (Å²) in [5.41, 5.74) is 23.1. The van der Waals surface area contributed by atoms with E-state index in [1.54, 1.807) is 0 Å². The Bertz CT molecular complexity index is 5080. The second kappa shape index (κ2) is 23.8. The molecule has 0 saturated carbocycles. The molecule has 0 aromatic heterocycles. The normalized spacial score (nSPS) is 11.8. The fourth-order valence-electron chi connectivity index (χ4n) is 13.9. The zero-order valence-corrected chi connectivity index (χ0v) is 53.2. The Labute approximate surface area is 541 Å². The zero-order valence-electron chi connectivity index (χ0n) is 53.2. The summed E-state index contributed by atoms with van der Waals surface area (Å²) < 4.78 is 0. The highest BCUT2D eigenvalue weighted by Crippen LogP contribution is 2.45. The second-order valence-corrected chi connectivity index (χ2v) is 26.8. The van der Waals surface area contributed by atoms with E-state index in [1.807, 2.05) is 0 Å². The van der Waals surface area contributed by atoms with Crippen molar-refractivity contribution in [3.63, 3.8) is 0 Å². The van der Waals surface area contributed by atoms with Gasteiger partial charge in [0.2, 0.25) is 0 Å². The van der Waals surface area contributed by atoms with Gasteiger partial charge < -0.3 is 0 Å². The third-order valence-electron chi connectivity index (χ3n) is 18.9. The number of hydrogen-bond acceptors (Lipinski definition) is 0. The van der Waals surface area contributed by atoms with Crippen molar-refractivity contribution < 1.29 is 0 Å². The molecule has 0 aliphatic rings. The van der Waals surface area contributed by atoms with E-state index < -0.39 is 0 Å². The monoisotopic (exact) mass is 1180 g/mol. The molecule has 0 N–H and O–H groups in total. The topological polar surface area (TPSA) is 0 Å². The summed E-state index contributed by atoms with van der Waals surface area (Å²) in [7, 11) is 0. The van der Waals surface area contributed by atoms with Crippen LogP contribution in [0.4, 0.5) is 0 Å². The van der Waals surface area contributed by atoms with E-state index in [0.29, 0.717) is 0 Å². The van der Waals surface area contributed by atoms with Gasteiger partial charge in [-0.3, -0.25) is 0 Å². The van der Waals surface area contributed by atoms with Crippen molar-refractivity contribution in [3.8, 4) is 89.0 Å². The van der Waals surface area contributed by atoms with E-state index in [2.05, 4.69) is 369 Å². The predicted octanol–water partition coefficient (Wildman–Crippen LogP) is 26.2. The van der Waals surface area contributed by atoms with Gasteiger partial charge in [-0.25, -0.2) is 0 Å². The Morgan fingerprint density at radius 3 is 0.630 bits per heavy atom. The number of rotatable bonds is 8. The second-order valence-electron chi connectivity index (χ2n) is 26.8. The van der Waals surface area contributed by atoms with Crippen LogP contribution in [-0.4, -0.2) is 0 Å². The Morgan fingerprint density at radius 1 is 0.152 bits per heavy atom. The van der Waals surface area contributed by atoms with Gasteiger partial charge in [-0.2, -0.15) is 0 Å². The molecule has 0 amide bonds. The fourth-order valence-corrected chi connectivity index (χ4v) is 13.9. The van der Waals surface area contributed by atoms with Gasteiger partial charge in [0.05, 0.1) is 0 Å². The Morgan fingerprint density at radius 2 is 0.359 bits per heavy atom. The van der Waals surface area contributed by atoms with Gasteiger partial charge >= 0.3 is 0 Å². The van der Waals surface area contributed by atoms with Crippen molar-refractivity contribution in [2.75, 3.05) is 0 Å². The molecule has 16 rings (SSSR count). The Hall–Kier alpha value is -10.9. The van der Waals surface area contributed by atoms with Crippen LogP contribution in [0.15, 0.2) is 328 Å². The number of benzene rings is 16. The molecular formula is C92H72. The van der Waals surface area contributed by atoms with Gasteiger partial charge in [-0.05, 0) is 200 Å². The standard InChI is InChI=1S/C50H44.C42H28/c1-49(2,3)43-23-19-33(20-24-43)35-11-13-39-31-41(17-15-37(39)29-35)45-27-28-46(48-10-8-7-9-47(45)48)42-18-16-38-30-36(12-14-40(38)32-42)34-21-25-44(26-22-34)50(4,5)6;1-3-13-29(14-4-1)31-23-25-39(35-19-9-7-17-33(31)35)41-27-28-42(38-22-12-11-21-37(38)41)40-26-24-32(30-15-5-2-6-16-30)34-18-8-10-20-36(34)40/h7-32H,1-6H3;1-28H. The summed E-state index contributed by atoms with van der Waals surface area (Å²) in [5, 5.41) is 15.2. The van der Waals surface area contributed by atoms with E-state index in [4.69, 9.17) is 0 Å². The largest absolute Gasteiger partial charge is 0.0622 e. The molecule has 0 unspecified atom stereocenters. The molecular weight excluding hydrogens is 1110 g/mol. The smallest absolute Gasteiger partial charge is 0.00987 e. The first-order valence-corrected chi connectivity index (χ1v) is 32.4. The van der Waals surface area contributed by atoms with Gasteiger partial charge in [0, 0.05) is 0 Å². The van der Waals surface area contributed by atoms with Gasteiger partial charge in [0.15, 0.2) is 0 Å². The van der Waals surface area contributed by atoms with Crippen LogP contribution in [0.3, 0.4) is 0 Å². The van der Waals surface area contributed by atoms with Crippen LogP contribution in [0.1, 0.15) is 52.7 Å². The van der Waals surface area contributed by atoms with Gasteiger partial charge in [0.25, 0.3) is 0 Å². The summed E-state index contributed by atoms with van der Waals surface area (Å²) in [6, 6.07) is 121. The van der Waals surface area contributed by atoms with Gasteiger partial charge in [0.1, 0.15) is 0 Å². The van der Waals surface area contributed by atoms with E-state index in [1.165, 1.54) is 165 Å². The highest BCUT2D eigenvalue weighted by molar-refractivity contribution is 6.15. The molecule has 0 heteroatoms. The Kier molecular flexibility index (Phi) is 14.9. The predicted molar refractivity (Wildman–Crippen MR) is 399 cm³/mol. The molecule has 0 nitrogen and oxygen atoms in total. The van der Waals surface area contributed by atoms with E-state index >= 15 is 0 Å². The molecule has 16 aromatic rings. The minimum Gasteiger partial charge on any atom is -0.0622 e. The number of hydrogen-bond donors (Lipinski definition) is 0. The first-order chi connectivity index (χ1) is 44.9. The molecule has 92 heavy (non-hydrogen) atoms. The maximum absolute atomic E-state index is 2.34.